The topological polar surface area (TPSA) is 92.3 Å². The predicted molar refractivity (Wildman–Crippen MR) is 109 cm³/mol. The molecule has 28 heavy (non-hydrogen) atoms. The van der Waals surface area contributed by atoms with E-state index in [1.807, 2.05) is 6.92 Å². The van der Waals surface area contributed by atoms with Crippen LogP contribution in [-0.4, -0.2) is 31.0 Å². The molecule has 0 saturated heterocycles. The largest absolute Gasteiger partial charge is 0.345 e. The molecule has 2 atom stereocenters. The molecule has 2 rings (SSSR count). The van der Waals surface area contributed by atoms with Gasteiger partial charge in [0.1, 0.15) is 11.8 Å². The van der Waals surface area contributed by atoms with Crippen LogP contribution in [0.3, 0.4) is 0 Å². The van der Waals surface area contributed by atoms with Gasteiger partial charge >= 0.3 is 0 Å². The van der Waals surface area contributed by atoms with Crippen molar-refractivity contribution in [3.8, 4) is 0 Å². The summed E-state index contributed by atoms with van der Waals surface area (Å²) in [7, 11) is -4.02. The molecule has 2 aromatic rings. The third kappa shape index (κ3) is 5.78. The van der Waals surface area contributed by atoms with E-state index in [9.17, 15) is 18.0 Å². The number of Topliss-reactive ketones (excluding diaryl/α,β-unsaturated/α-hetero) is 1. The zero-order chi connectivity index (χ0) is 20.9. The number of amides is 1. The maximum atomic E-state index is 12.8. The molecular formula is C19H20Cl2N2O4S. The second-order valence-corrected chi connectivity index (χ2v) is 9.03. The summed E-state index contributed by atoms with van der Waals surface area (Å²) >= 11 is 11.2. The van der Waals surface area contributed by atoms with Crippen molar-refractivity contribution >= 4 is 44.9 Å². The maximum Gasteiger partial charge on any atom is 0.253 e. The molecule has 2 unspecified atom stereocenters. The van der Waals surface area contributed by atoms with Crippen LogP contribution in [0.25, 0.3) is 0 Å². The van der Waals surface area contributed by atoms with Crippen molar-refractivity contribution < 1.29 is 18.0 Å². The summed E-state index contributed by atoms with van der Waals surface area (Å²) in [5, 5.41) is 2.55. The lowest BCUT2D eigenvalue weighted by atomic mass is 9.97. The summed E-state index contributed by atoms with van der Waals surface area (Å²) in [5.41, 5.74) is 1.42. The summed E-state index contributed by atoms with van der Waals surface area (Å²) in [6.07, 6.45) is 0. The highest BCUT2D eigenvalue weighted by Crippen LogP contribution is 2.21. The van der Waals surface area contributed by atoms with Gasteiger partial charge in [0.05, 0.1) is 10.9 Å². The molecule has 0 heterocycles. The maximum absolute atomic E-state index is 12.8. The monoisotopic (exact) mass is 442 g/mol. The third-order valence-corrected chi connectivity index (χ3v) is 5.89. The van der Waals surface area contributed by atoms with Gasteiger partial charge in [-0.25, -0.2) is 8.42 Å². The molecule has 0 aliphatic rings. The Hall–Kier alpha value is -1.93. The minimum Gasteiger partial charge on any atom is -0.345 e. The molecule has 0 spiro atoms. The summed E-state index contributed by atoms with van der Waals surface area (Å²) in [4.78, 5) is 23.0. The van der Waals surface area contributed by atoms with Crippen molar-refractivity contribution in [2.75, 3.05) is 0 Å². The number of carbonyl (C=O) groups excluding carboxylic acids is 2. The van der Waals surface area contributed by atoms with Crippen LogP contribution in [0.5, 0.6) is 0 Å². The van der Waals surface area contributed by atoms with Gasteiger partial charge in [0, 0.05) is 0 Å². The highest BCUT2D eigenvalue weighted by molar-refractivity contribution is 7.89. The van der Waals surface area contributed by atoms with Crippen molar-refractivity contribution in [1.82, 2.24) is 10.0 Å². The van der Waals surface area contributed by atoms with Crippen molar-refractivity contribution in [1.29, 1.82) is 0 Å². The Kier molecular flexibility index (Phi) is 7.60. The van der Waals surface area contributed by atoms with Gasteiger partial charge in [0.2, 0.25) is 10.0 Å². The van der Waals surface area contributed by atoms with Crippen molar-refractivity contribution in [3.63, 3.8) is 0 Å². The number of aryl methyl sites for hydroxylation is 1. The van der Waals surface area contributed by atoms with E-state index in [-0.39, 0.29) is 4.90 Å². The number of benzene rings is 2. The molecule has 0 aliphatic heterocycles. The number of nitrogens with one attached hydrogen (secondary N) is 2. The quantitative estimate of drug-likeness (QED) is 0.614. The molecule has 0 fully saturated rings. The number of alkyl halides is 2. The van der Waals surface area contributed by atoms with E-state index in [0.717, 1.165) is 5.56 Å². The molecule has 0 saturated carbocycles. The first-order valence-electron chi connectivity index (χ1n) is 8.35. The summed E-state index contributed by atoms with van der Waals surface area (Å²) in [6.45, 7) is 3.07. The first-order valence-corrected chi connectivity index (χ1v) is 10.7. The summed E-state index contributed by atoms with van der Waals surface area (Å²) in [6, 6.07) is 12.4. The van der Waals surface area contributed by atoms with Gasteiger partial charge in [-0.15, -0.1) is 0 Å². The average Bonchev–Trinajstić information content (AvgIpc) is 2.65. The Bertz CT molecular complexity index is 932. The lowest BCUT2D eigenvalue weighted by Gasteiger charge is -2.27. The summed E-state index contributed by atoms with van der Waals surface area (Å²) < 4.78 is 28.0. The zero-order valence-corrected chi connectivity index (χ0v) is 17.6. The molecule has 2 aromatic carbocycles. The number of sulfonamides is 1. The number of ketones is 1. The fourth-order valence-corrected chi connectivity index (χ4v) is 3.97. The predicted octanol–water partition coefficient (Wildman–Crippen LogP) is 2.89. The van der Waals surface area contributed by atoms with Gasteiger partial charge in [0.25, 0.3) is 5.91 Å². The standard InChI is InChI=1S/C19H20Cl2N2O4S/c1-12-8-10-15(11-9-12)28(26,27)23-16(13(2)24)17(22-19(25)18(20)21)14-6-4-3-5-7-14/h3-11,16-18,23H,1-2H3,(H,22,25). The van der Waals surface area contributed by atoms with Crippen LogP contribution in [0.4, 0.5) is 0 Å². The van der Waals surface area contributed by atoms with E-state index >= 15 is 0 Å². The molecule has 0 aromatic heterocycles. The molecule has 6 nitrogen and oxygen atoms in total. The second kappa shape index (κ2) is 9.52. The number of hydrogen-bond acceptors (Lipinski definition) is 4. The van der Waals surface area contributed by atoms with E-state index in [1.54, 1.807) is 42.5 Å². The molecule has 150 valence electrons. The minimum absolute atomic E-state index is 0.00931. The van der Waals surface area contributed by atoms with Crippen LogP contribution in [0.1, 0.15) is 24.1 Å². The van der Waals surface area contributed by atoms with Gasteiger partial charge < -0.3 is 5.32 Å². The lowest BCUT2D eigenvalue weighted by molar-refractivity contribution is -0.122. The van der Waals surface area contributed by atoms with E-state index in [1.165, 1.54) is 19.1 Å². The van der Waals surface area contributed by atoms with Gasteiger partial charge in [-0.1, -0.05) is 71.2 Å². The van der Waals surface area contributed by atoms with E-state index in [4.69, 9.17) is 23.2 Å². The number of rotatable bonds is 8. The normalized spacial score (nSPS) is 13.8. The van der Waals surface area contributed by atoms with Crippen LogP contribution >= 0.6 is 23.2 Å². The lowest BCUT2D eigenvalue weighted by Crippen LogP contribution is -2.50. The Morgan fingerprint density at radius 2 is 1.54 bits per heavy atom. The van der Waals surface area contributed by atoms with Gasteiger partial charge in [-0.05, 0) is 31.5 Å². The number of hydrogen-bond donors (Lipinski definition) is 2. The molecule has 2 N–H and O–H groups in total. The Morgan fingerprint density at radius 3 is 2.04 bits per heavy atom. The second-order valence-electron chi connectivity index (χ2n) is 6.22. The van der Waals surface area contributed by atoms with Gasteiger partial charge in [0.15, 0.2) is 4.84 Å². The third-order valence-electron chi connectivity index (χ3n) is 4.04. The van der Waals surface area contributed by atoms with Crippen molar-refractivity contribution in [2.45, 2.75) is 35.7 Å². The SMILES string of the molecule is CC(=O)C(NS(=O)(=O)c1ccc(C)cc1)C(NC(=O)C(Cl)Cl)c1ccccc1. The fourth-order valence-electron chi connectivity index (χ4n) is 2.57. The average molecular weight is 443 g/mol. The Labute approximate surface area is 174 Å². The van der Waals surface area contributed by atoms with E-state index in [2.05, 4.69) is 10.0 Å². The van der Waals surface area contributed by atoms with E-state index < -0.39 is 38.6 Å². The molecule has 1 amide bonds. The number of halogens is 2. The van der Waals surface area contributed by atoms with Crippen LogP contribution in [0.2, 0.25) is 0 Å². The Balaban J connectivity index is 2.42. The zero-order valence-electron chi connectivity index (χ0n) is 15.2. The highest BCUT2D eigenvalue weighted by Gasteiger charge is 2.33. The van der Waals surface area contributed by atoms with Gasteiger partial charge in [-0.3, -0.25) is 9.59 Å². The first kappa shape index (κ1) is 22.4. The van der Waals surface area contributed by atoms with Crippen LogP contribution in [-0.2, 0) is 19.6 Å². The molecule has 0 bridgehead atoms. The smallest absolute Gasteiger partial charge is 0.253 e. The highest BCUT2D eigenvalue weighted by atomic mass is 35.5. The molecule has 0 aliphatic carbocycles. The molecular weight excluding hydrogens is 423 g/mol. The molecule has 9 heteroatoms. The fraction of sp³-hybridized carbons (Fsp3) is 0.263. The molecule has 0 radical (unpaired) electrons. The first-order chi connectivity index (χ1) is 13.1. The van der Waals surface area contributed by atoms with Crippen LogP contribution < -0.4 is 10.0 Å². The van der Waals surface area contributed by atoms with E-state index in [0.29, 0.717) is 5.56 Å². The van der Waals surface area contributed by atoms with Crippen molar-refractivity contribution in [3.05, 3.63) is 65.7 Å². The van der Waals surface area contributed by atoms with Crippen LogP contribution in [0.15, 0.2) is 59.5 Å². The Morgan fingerprint density at radius 1 is 0.964 bits per heavy atom. The number of carbonyl (C=O) groups is 2. The van der Waals surface area contributed by atoms with Gasteiger partial charge in [-0.2, -0.15) is 4.72 Å². The van der Waals surface area contributed by atoms with Crippen molar-refractivity contribution in [2.24, 2.45) is 0 Å². The minimum atomic E-state index is -4.02. The summed E-state index contributed by atoms with van der Waals surface area (Å²) in [5.74, 6) is -1.22. The van der Waals surface area contributed by atoms with Crippen LogP contribution in [0, 0.1) is 6.92 Å².